The van der Waals surface area contributed by atoms with Gasteiger partial charge in [-0.3, -0.25) is 0 Å². The normalized spacial score (nSPS) is 13.2. The zero-order chi connectivity index (χ0) is 20.1. The lowest BCUT2D eigenvalue weighted by molar-refractivity contribution is 0.257. The molecule has 148 valence electrons. The van der Waals surface area contributed by atoms with Gasteiger partial charge in [0.15, 0.2) is 0 Å². The smallest absolute Gasteiger partial charge is 0.440 e. The number of H-pyrrole nitrogens is 2. The number of benzene rings is 2. The molecule has 2 aromatic carbocycles. The number of hydrogen-bond acceptors (Lipinski definition) is 4. The Hall–Kier alpha value is -3.48. The lowest BCUT2D eigenvalue weighted by Crippen LogP contribution is -2.18. The molecule has 0 unspecified atom stereocenters. The predicted molar refractivity (Wildman–Crippen MR) is 109 cm³/mol. The van der Waals surface area contributed by atoms with Gasteiger partial charge in [-0.2, -0.15) is 0 Å². The Labute approximate surface area is 165 Å². The number of nitrogens with one attached hydrogen (secondary N) is 2. The topological polar surface area (TPSA) is 93.0 Å². The molecule has 2 heterocycles. The molecule has 1 aliphatic rings. The number of aryl methyl sites for hydroxylation is 2. The van der Waals surface area contributed by atoms with E-state index in [9.17, 15) is 9.59 Å². The SMILES string of the molecule is Cc1cc(Cn2oc(=O)[nH]c2=O)c2c(c1Oc1ccc3[nH]cc(C)c3c1)CCC2. The van der Waals surface area contributed by atoms with Crippen molar-refractivity contribution < 1.29 is 9.26 Å². The minimum Gasteiger partial charge on any atom is -0.457 e. The lowest BCUT2D eigenvalue weighted by Gasteiger charge is -2.17. The minimum absolute atomic E-state index is 0.232. The van der Waals surface area contributed by atoms with Gasteiger partial charge in [-0.05, 0) is 79.1 Å². The summed E-state index contributed by atoms with van der Waals surface area (Å²) in [6.45, 7) is 4.31. The highest BCUT2D eigenvalue weighted by Gasteiger charge is 2.23. The van der Waals surface area contributed by atoms with Crippen molar-refractivity contribution in [1.82, 2.24) is 14.7 Å². The number of aromatic nitrogens is 3. The molecule has 0 saturated heterocycles. The number of aromatic amines is 2. The summed E-state index contributed by atoms with van der Waals surface area (Å²) in [7, 11) is 0. The van der Waals surface area contributed by atoms with Gasteiger partial charge in [0.2, 0.25) is 0 Å². The molecule has 0 spiro atoms. The molecule has 5 rings (SSSR count). The van der Waals surface area contributed by atoms with E-state index in [1.165, 1.54) is 16.7 Å². The second-order valence-corrected chi connectivity index (χ2v) is 7.62. The first-order chi connectivity index (χ1) is 14.0. The molecule has 7 nitrogen and oxygen atoms in total. The Morgan fingerprint density at radius 2 is 1.93 bits per heavy atom. The highest BCUT2D eigenvalue weighted by molar-refractivity contribution is 5.84. The molecule has 1 aliphatic carbocycles. The van der Waals surface area contributed by atoms with Crippen molar-refractivity contribution in [3.05, 3.63) is 79.3 Å². The van der Waals surface area contributed by atoms with Crippen LogP contribution >= 0.6 is 0 Å². The third kappa shape index (κ3) is 2.99. The fraction of sp³-hybridized carbons (Fsp3) is 0.273. The quantitative estimate of drug-likeness (QED) is 0.556. The maximum Gasteiger partial charge on any atom is 0.440 e. The monoisotopic (exact) mass is 391 g/mol. The summed E-state index contributed by atoms with van der Waals surface area (Å²) in [5.41, 5.74) is 6.08. The van der Waals surface area contributed by atoms with Gasteiger partial charge >= 0.3 is 11.4 Å². The van der Waals surface area contributed by atoms with Gasteiger partial charge in [0.05, 0.1) is 6.54 Å². The Balaban J connectivity index is 1.54. The Kier molecular flexibility index (Phi) is 3.97. The van der Waals surface area contributed by atoms with Crippen molar-refractivity contribution in [2.75, 3.05) is 0 Å². The number of ether oxygens (including phenoxy) is 1. The minimum atomic E-state index is -0.737. The number of fused-ring (bicyclic) bond motifs is 2. The third-order valence-electron chi connectivity index (χ3n) is 5.65. The van der Waals surface area contributed by atoms with Crippen LogP contribution in [-0.2, 0) is 19.4 Å². The van der Waals surface area contributed by atoms with Crippen LogP contribution in [0.15, 0.2) is 44.6 Å². The predicted octanol–water partition coefficient (Wildman–Crippen LogP) is 3.56. The molecule has 2 N–H and O–H groups in total. The van der Waals surface area contributed by atoms with Gasteiger partial charge in [0.1, 0.15) is 11.5 Å². The van der Waals surface area contributed by atoms with Crippen LogP contribution in [0.1, 0.15) is 34.2 Å². The van der Waals surface area contributed by atoms with Crippen LogP contribution in [0, 0.1) is 13.8 Å². The first-order valence-electron chi connectivity index (χ1n) is 9.70. The van der Waals surface area contributed by atoms with E-state index in [0.717, 1.165) is 57.5 Å². The van der Waals surface area contributed by atoms with Crippen LogP contribution in [0.25, 0.3) is 10.9 Å². The van der Waals surface area contributed by atoms with Gasteiger partial charge in [0, 0.05) is 17.1 Å². The summed E-state index contributed by atoms with van der Waals surface area (Å²) in [5, 5.41) is 1.15. The maximum absolute atomic E-state index is 11.8. The van der Waals surface area contributed by atoms with E-state index in [2.05, 4.69) is 23.0 Å². The van der Waals surface area contributed by atoms with Crippen molar-refractivity contribution in [2.45, 2.75) is 39.7 Å². The van der Waals surface area contributed by atoms with E-state index in [4.69, 9.17) is 9.26 Å². The van der Waals surface area contributed by atoms with E-state index < -0.39 is 11.4 Å². The zero-order valence-electron chi connectivity index (χ0n) is 16.3. The zero-order valence-corrected chi connectivity index (χ0v) is 16.3. The van der Waals surface area contributed by atoms with Gasteiger partial charge < -0.3 is 14.2 Å². The molecule has 29 heavy (non-hydrogen) atoms. The van der Waals surface area contributed by atoms with Crippen LogP contribution in [0.3, 0.4) is 0 Å². The Morgan fingerprint density at radius 3 is 2.72 bits per heavy atom. The van der Waals surface area contributed by atoms with Crippen LogP contribution in [0.5, 0.6) is 11.5 Å². The lowest BCUT2D eigenvalue weighted by atomic mass is 9.98. The van der Waals surface area contributed by atoms with Crippen molar-refractivity contribution >= 4 is 10.9 Å². The number of rotatable bonds is 4. The van der Waals surface area contributed by atoms with Crippen molar-refractivity contribution in [3.8, 4) is 11.5 Å². The molecular formula is C22H21N3O4. The molecule has 0 bridgehead atoms. The molecule has 2 aromatic heterocycles. The average molecular weight is 391 g/mol. The summed E-state index contributed by atoms with van der Waals surface area (Å²) in [5.74, 6) is 0.952. The molecule has 0 radical (unpaired) electrons. The van der Waals surface area contributed by atoms with Crippen LogP contribution < -0.4 is 16.2 Å². The molecule has 0 aliphatic heterocycles. The summed E-state index contributed by atoms with van der Waals surface area (Å²) >= 11 is 0. The fourth-order valence-electron chi connectivity index (χ4n) is 4.28. The highest BCUT2D eigenvalue weighted by Crippen LogP contribution is 2.39. The Morgan fingerprint density at radius 1 is 1.10 bits per heavy atom. The maximum atomic E-state index is 11.8. The van der Waals surface area contributed by atoms with Gasteiger partial charge in [0.25, 0.3) is 0 Å². The molecule has 0 saturated carbocycles. The summed E-state index contributed by atoms with van der Waals surface area (Å²) in [6, 6.07) is 8.09. The largest absolute Gasteiger partial charge is 0.457 e. The van der Waals surface area contributed by atoms with Gasteiger partial charge in [-0.25, -0.2) is 14.6 Å². The summed E-state index contributed by atoms with van der Waals surface area (Å²) in [6.07, 6.45) is 4.87. The molecule has 0 fully saturated rings. The highest BCUT2D eigenvalue weighted by atomic mass is 16.5. The van der Waals surface area contributed by atoms with E-state index in [-0.39, 0.29) is 6.54 Å². The van der Waals surface area contributed by atoms with Crippen molar-refractivity contribution in [3.63, 3.8) is 0 Å². The fourth-order valence-corrected chi connectivity index (χ4v) is 4.28. The van der Waals surface area contributed by atoms with Crippen LogP contribution in [0.4, 0.5) is 0 Å². The summed E-state index contributed by atoms with van der Waals surface area (Å²) in [4.78, 5) is 28.5. The van der Waals surface area contributed by atoms with Gasteiger partial charge in [-0.15, -0.1) is 4.74 Å². The molecule has 0 atom stereocenters. The molecule has 4 aromatic rings. The summed E-state index contributed by atoms with van der Waals surface area (Å²) < 4.78 is 12.4. The standard InChI is InChI=1S/C22H21N3O4/c1-12-8-14(11-25-21(26)24-22(27)29-25)16-4-3-5-17(16)20(12)28-15-6-7-19-18(9-15)13(2)10-23-19/h6-10,23H,3-5,11H2,1-2H3,(H,24,26,27). The molecular weight excluding hydrogens is 370 g/mol. The van der Waals surface area contributed by atoms with Crippen LogP contribution in [0.2, 0.25) is 0 Å². The van der Waals surface area contributed by atoms with Crippen LogP contribution in [-0.4, -0.2) is 14.7 Å². The Bertz CT molecular complexity index is 1350. The first kappa shape index (κ1) is 17.6. The van der Waals surface area contributed by atoms with Crippen molar-refractivity contribution in [2.24, 2.45) is 0 Å². The van der Waals surface area contributed by atoms with E-state index in [1.807, 2.05) is 31.3 Å². The van der Waals surface area contributed by atoms with Gasteiger partial charge in [-0.1, -0.05) is 6.07 Å². The molecule has 0 amide bonds. The second-order valence-electron chi connectivity index (χ2n) is 7.62. The van der Waals surface area contributed by atoms with E-state index in [0.29, 0.717) is 0 Å². The van der Waals surface area contributed by atoms with E-state index >= 15 is 0 Å². The average Bonchev–Trinajstić information content (AvgIpc) is 3.39. The number of nitrogens with zero attached hydrogens (tertiary/aromatic N) is 1. The molecule has 7 heteroatoms. The number of hydrogen-bond donors (Lipinski definition) is 2. The first-order valence-corrected chi connectivity index (χ1v) is 9.70. The van der Waals surface area contributed by atoms with E-state index in [1.54, 1.807) is 0 Å². The third-order valence-corrected chi connectivity index (χ3v) is 5.65. The second kappa shape index (κ2) is 6.55. The van der Waals surface area contributed by atoms with Crippen molar-refractivity contribution in [1.29, 1.82) is 0 Å².